The normalized spacial score (nSPS) is 10.2. The molecule has 13 heavy (non-hydrogen) atoms. The molecule has 0 fully saturated rings. The minimum atomic E-state index is -0.288. The molecule has 2 N–H and O–H groups in total. The van der Waals surface area contributed by atoms with Crippen molar-refractivity contribution < 1.29 is 4.79 Å². The Morgan fingerprint density at radius 1 is 1.62 bits per heavy atom. The molecule has 2 rings (SSSR count). The van der Waals surface area contributed by atoms with E-state index in [1.807, 2.05) is 0 Å². The Kier molecular flexibility index (Phi) is 1.55. The molecule has 2 aromatic heterocycles. The van der Waals surface area contributed by atoms with Crippen molar-refractivity contribution in [1.82, 2.24) is 19.9 Å². The zero-order valence-corrected chi connectivity index (χ0v) is 6.39. The summed E-state index contributed by atoms with van der Waals surface area (Å²) < 4.78 is 0. The summed E-state index contributed by atoms with van der Waals surface area (Å²) in [6.45, 7) is 0. The highest BCUT2D eigenvalue weighted by atomic mass is 16.1. The average molecular weight is 179 g/mol. The van der Waals surface area contributed by atoms with E-state index in [1.54, 1.807) is 0 Å². The van der Waals surface area contributed by atoms with E-state index in [0.717, 1.165) is 4.79 Å². The van der Waals surface area contributed by atoms with Crippen molar-refractivity contribution >= 4 is 17.4 Å². The van der Waals surface area contributed by atoms with E-state index < -0.39 is 0 Å². The number of carbonyl (C=O) groups is 1. The molecule has 0 bridgehead atoms. The molecule has 0 aliphatic heterocycles. The molecule has 2 heterocycles. The van der Waals surface area contributed by atoms with E-state index in [2.05, 4.69) is 20.5 Å². The summed E-state index contributed by atoms with van der Waals surface area (Å²) >= 11 is 0. The van der Waals surface area contributed by atoms with Crippen LogP contribution in [-0.4, -0.2) is 26.3 Å². The fourth-order valence-corrected chi connectivity index (χ4v) is 1.00. The van der Waals surface area contributed by atoms with E-state index in [-0.39, 0.29) is 5.56 Å². The number of fused-ring (bicyclic) bond motifs is 1. The molecule has 2 aromatic rings. The maximum Gasteiger partial charge on any atom is 0.261 e. The molecule has 0 aliphatic rings. The monoisotopic (exact) mass is 179 g/mol. The van der Waals surface area contributed by atoms with Gasteiger partial charge < -0.3 is 4.98 Å². The van der Waals surface area contributed by atoms with Crippen LogP contribution in [0.5, 0.6) is 0 Å². The van der Waals surface area contributed by atoms with E-state index >= 15 is 0 Å². The Morgan fingerprint density at radius 3 is 3.23 bits per heavy atom. The first-order valence-electron chi connectivity index (χ1n) is 3.44. The van der Waals surface area contributed by atoms with Crippen LogP contribution in [0.4, 0.5) is 0 Å². The van der Waals surface area contributed by atoms with Crippen molar-refractivity contribution in [3.63, 3.8) is 0 Å². The van der Waals surface area contributed by atoms with Gasteiger partial charge in [-0.2, -0.15) is 9.89 Å². The summed E-state index contributed by atoms with van der Waals surface area (Å²) in [4.78, 5) is 28.6. The van der Waals surface area contributed by atoms with E-state index in [4.69, 9.17) is 0 Å². The van der Waals surface area contributed by atoms with Crippen LogP contribution in [0.3, 0.4) is 0 Å². The Morgan fingerprint density at radius 2 is 2.46 bits per heavy atom. The number of H-pyrrole nitrogens is 1. The SMILES string of the molecule is O=CNn1ncc2c(=O)[nH]cnc21. The lowest BCUT2D eigenvalue weighted by molar-refractivity contribution is -0.106. The van der Waals surface area contributed by atoms with Crippen LogP contribution in [0.2, 0.25) is 0 Å². The highest BCUT2D eigenvalue weighted by Gasteiger charge is 2.05. The van der Waals surface area contributed by atoms with Gasteiger partial charge in [0.15, 0.2) is 5.65 Å². The standard InChI is InChI=1S/C6H5N5O2/c12-3-10-11-5-4(1-9-11)6(13)8-2-7-5/h1-3H,(H,10,12)(H,7,8,13). The van der Waals surface area contributed by atoms with Gasteiger partial charge in [0.25, 0.3) is 5.56 Å². The largest absolute Gasteiger partial charge is 0.312 e. The zero-order valence-electron chi connectivity index (χ0n) is 6.39. The van der Waals surface area contributed by atoms with Crippen LogP contribution in [0.15, 0.2) is 17.3 Å². The number of carbonyl (C=O) groups excluding carboxylic acids is 1. The number of nitrogens with zero attached hydrogens (tertiary/aromatic N) is 3. The van der Waals surface area contributed by atoms with Crippen LogP contribution in [-0.2, 0) is 4.79 Å². The van der Waals surface area contributed by atoms with Crippen molar-refractivity contribution in [2.24, 2.45) is 0 Å². The lowest BCUT2D eigenvalue weighted by atomic mass is 10.4. The molecule has 0 aromatic carbocycles. The van der Waals surface area contributed by atoms with Crippen molar-refractivity contribution in [3.05, 3.63) is 22.9 Å². The molecule has 0 saturated heterocycles. The second kappa shape index (κ2) is 2.70. The van der Waals surface area contributed by atoms with Gasteiger partial charge in [-0.25, -0.2) is 10.4 Å². The summed E-state index contributed by atoms with van der Waals surface area (Å²) in [5.41, 5.74) is 2.30. The van der Waals surface area contributed by atoms with E-state index in [9.17, 15) is 9.59 Å². The van der Waals surface area contributed by atoms with Gasteiger partial charge in [-0.15, -0.1) is 0 Å². The van der Waals surface area contributed by atoms with Gasteiger partial charge in [0, 0.05) is 0 Å². The van der Waals surface area contributed by atoms with Crippen LogP contribution in [0.25, 0.3) is 11.0 Å². The quantitative estimate of drug-likeness (QED) is 0.567. The number of aromatic amines is 1. The molecular formula is C6H5N5O2. The van der Waals surface area contributed by atoms with E-state index in [1.165, 1.54) is 12.5 Å². The first-order chi connectivity index (χ1) is 6.33. The second-order valence-corrected chi connectivity index (χ2v) is 2.27. The molecule has 0 atom stereocenters. The predicted octanol–water partition coefficient (Wildman–Crippen LogP) is -1.18. The maximum atomic E-state index is 11.1. The smallest absolute Gasteiger partial charge is 0.261 e. The van der Waals surface area contributed by atoms with Crippen LogP contribution < -0.4 is 11.0 Å². The first kappa shape index (κ1) is 7.47. The molecule has 0 spiro atoms. The number of hydrogen-bond donors (Lipinski definition) is 2. The fraction of sp³-hybridized carbons (Fsp3) is 0. The van der Waals surface area contributed by atoms with Gasteiger partial charge in [-0.1, -0.05) is 0 Å². The molecule has 0 radical (unpaired) electrons. The molecule has 66 valence electrons. The summed E-state index contributed by atoms with van der Waals surface area (Å²) in [5.74, 6) is 0. The van der Waals surface area contributed by atoms with Gasteiger partial charge in [0.1, 0.15) is 5.39 Å². The lowest BCUT2D eigenvalue weighted by Crippen LogP contribution is -2.15. The van der Waals surface area contributed by atoms with Crippen LogP contribution in [0, 0.1) is 0 Å². The molecule has 1 amide bonds. The van der Waals surface area contributed by atoms with Crippen molar-refractivity contribution in [1.29, 1.82) is 0 Å². The summed E-state index contributed by atoms with van der Waals surface area (Å²) in [6, 6.07) is 0. The van der Waals surface area contributed by atoms with Gasteiger partial charge >= 0.3 is 0 Å². The topological polar surface area (TPSA) is 92.7 Å². The Labute approximate surface area is 71.4 Å². The second-order valence-electron chi connectivity index (χ2n) is 2.27. The third-order valence-electron chi connectivity index (χ3n) is 1.55. The Bertz CT molecular complexity index is 499. The minimum Gasteiger partial charge on any atom is -0.312 e. The van der Waals surface area contributed by atoms with Gasteiger partial charge in [0.05, 0.1) is 12.5 Å². The number of rotatable bonds is 2. The number of hydrogen-bond acceptors (Lipinski definition) is 4. The fourth-order valence-electron chi connectivity index (χ4n) is 1.00. The van der Waals surface area contributed by atoms with Gasteiger partial charge in [-0.05, 0) is 0 Å². The third-order valence-corrected chi connectivity index (χ3v) is 1.55. The minimum absolute atomic E-state index is 0.288. The van der Waals surface area contributed by atoms with Gasteiger partial charge in [0.2, 0.25) is 6.41 Å². The molecule has 7 heteroatoms. The number of amides is 1. The predicted molar refractivity (Wildman–Crippen MR) is 43.6 cm³/mol. The first-order valence-corrected chi connectivity index (χ1v) is 3.44. The number of nitrogens with one attached hydrogen (secondary N) is 2. The summed E-state index contributed by atoms with van der Waals surface area (Å²) in [5, 5.41) is 4.07. The molecule has 0 aliphatic carbocycles. The summed E-state index contributed by atoms with van der Waals surface area (Å²) in [7, 11) is 0. The Balaban J connectivity index is 2.75. The van der Waals surface area contributed by atoms with Crippen LogP contribution in [0.1, 0.15) is 0 Å². The van der Waals surface area contributed by atoms with Crippen molar-refractivity contribution in [3.8, 4) is 0 Å². The maximum absolute atomic E-state index is 11.1. The van der Waals surface area contributed by atoms with Crippen molar-refractivity contribution in [2.45, 2.75) is 0 Å². The molecular weight excluding hydrogens is 174 g/mol. The molecule has 0 unspecified atom stereocenters. The zero-order chi connectivity index (χ0) is 9.26. The van der Waals surface area contributed by atoms with E-state index in [0.29, 0.717) is 17.4 Å². The van der Waals surface area contributed by atoms with Crippen molar-refractivity contribution in [2.75, 3.05) is 5.43 Å². The Hall–Kier alpha value is -2.18. The average Bonchev–Trinajstić information content (AvgIpc) is 2.51. The van der Waals surface area contributed by atoms with Gasteiger partial charge in [-0.3, -0.25) is 9.59 Å². The summed E-state index contributed by atoms with van der Waals surface area (Å²) in [6.07, 6.45) is 3.03. The molecule has 7 nitrogen and oxygen atoms in total. The lowest BCUT2D eigenvalue weighted by Gasteiger charge is -1.96. The molecule has 0 saturated carbocycles. The third kappa shape index (κ3) is 1.06. The number of aromatic nitrogens is 4. The highest BCUT2D eigenvalue weighted by molar-refractivity contribution is 5.74. The van der Waals surface area contributed by atoms with Crippen LogP contribution >= 0.6 is 0 Å². The highest BCUT2D eigenvalue weighted by Crippen LogP contribution is 2.00.